The first-order valence-electron chi connectivity index (χ1n) is 7.64. The van der Waals surface area contributed by atoms with Crippen molar-refractivity contribution in [2.24, 2.45) is 0 Å². The monoisotopic (exact) mass is 307 g/mol. The van der Waals surface area contributed by atoms with Crippen LogP contribution < -0.4 is 0 Å². The van der Waals surface area contributed by atoms with Gasteiger partial charge in [0.25, 0.3) is 5.91 Å². The molecule has 0 unspecified atom stereocenters. The number of hydrogen-bond donors (Lipinski definition) is 0. The Hall–Kier alpha value is -1.43. The van der Waals surface area contributed by atoms with Crippen LogP contribution in [-0.2, 0) is 20.8 Å². The van der Waals surface area contributed by atoms with Gasteiger partial charge in [0.1, 0.15) is 6.79 Å². The Morgan fingerprint density at radius 1 is 1.32 bits per heavy atom. The van der Waals surface area contributed by atoms with Crippen molar-refractivity contribution in [2.45, 2.75) is 32.4 Å². The Balaban J connectivity index is 2.19. The summed E-state index contributed by atoms with van der Waals surface area (Å²) in [7, 11) is 3.27. The van der Waals surface area contributed by atoms with E-state index in [0.29, 0.717) is 13.2 Å². The molecule has 1 aromatic rings. The first kappa shape index (κ1) is 16.9. The van der Waals surface area contributed by atoms with Crippen LogP contribution in [0.2, 0.25) is 0 Å². The number of hydrogen-bond acceptors (Lipinski definition) is 4. The molecular formula is C17H25NO4. The quantitative estimate of drug-likeness (QED) is 0.573. The lowest BCUT2D eigenvalue weighted by Gasteiger charge is -2.25. The minimum atomic E-state index is 0.0688. The molecule has 0 aromatic heterocycles. The molecule has 22 heavy (non-hydrogen) atoms. The molecule has 0 aliphatic carbocycles. The van der Waals surface area contributed by atoms with E-state index in [1.54, 1.807) is 14.2 Å². The van der Waals surface area contributed by atoms with E-state index in [-0.39, 0.29) is 18.7 Å². The predicted molar refractivity (Wildman–Crippen MR) is 83.8 cm³/mol. The fourth-order valence-corrected chi connectivity index (χ4v) is 2.94. The second-order valence-electron chi connectivity index (χ2n) is 5.61. The Morgan fingerprint density at radius 2 is 2.14 bits per heavy atom. The van der Waals surface area contributed by atoms with Crippen molar-refractivity contribution in [1.29, 1.82) is 0 Å². The first-order chi connectivity index (χ1) is 10.7. The lowest BCUT2D eigenvalue weighted by Crippen LogP contribution is -2.38. The minimum absolute atomic E-state index is 0.0688. The summed E-state index contributed by atoms with van der Waals surface area (Å²) in [4.78, 5) is 14.9. The lowest BCUT2D eigenvalue weighted by molar-refractivity contribution is -0.0394. The summed E-state index contributed by atoms with van der Waals surface area (Å²) in [5.41, 5.74) is 2.72. The standard InChI is InChI=1S/C17H25NO4/c1-13-6-4-8-15(16(13)11-22-12-21-3)17(19)18-9-5-7-14(18)10-20-2/h4,6,8,14H,5,7,9-12H2,1-3H3/t14-/m0/s1. The van der Waals surface area contributed by atoms with E-state index in [1.807, 2.05) is 30.0 Å². The van der Waals surface area contributed by atoms with Crippen molar-refractivity contribution in [1.82, 2.24) is 4.90 Å². The highest BCUT2D eigenvalue weighted by Gasteiger charge is 2.30. The molecule has 1 atom stereocenters. The third kappa shape index (κ3) is 3.85. The predicted octanol–water partition coefficient (Wildman–Crippen LogP) is 2.37. The molecule has 1 heterocycles. The van der Waals surface area contributed by atoms with Crippen molar-refractivity contribution in [3.8, 4) is 0 Å². The molecular weight excluding hydrogens is 282 g/mol. The van der Waals surface area contributed by atoms with Gasteiger partial charge in [0.05, 0.1) is 19.3 Å². The van der Waals surface area contributed by atoms with Crippen molar-refractivity contribution in [3.05, 3.63) is 34.9 Å². The van der Waals surface area contributed by atoms with Crippen LogP contribution in [0.4, 0.5) is 0 Å². The van der Waals surface area contributed by atoms with Gasteiger partial charge in [0.15, 0.2) is 0 Å². The summed E-state index contributed by atoms with van der Waals surface area (Å²) in [6.07, 6.45) is 2.03. The summed E-state index contributed by atoms with van der Waals surface area (Å²) in [5, 5.41) is 0. The Kier molecular flexibility index (Phi) is 6.36. The highest BCUT2D eigenvalue weighted by Crippen LogP contribution is 2.23. The van der Waals surface area contributed by atoms with E-state index in [1.165, 1.54) is 0 Å². The number of carbonyl (C=O) groups is 1. The van der Waals surface area contributed by atoms with Crippen LogP contribution in [0.5, 0.6) is 0 Å². The Bertz CT molecular complexity index is 503. The number of aryl methyl sites for hydroxylation is 1. The molecule has 1 aromatic carbocycles. The van der Waals surface area contributed by atoms with Gasteiger partial charge in [0.2, 0.25) is 0 Å². The molecule has 1 saturated heterocycles. The van der Waals surface area contributed by atoms with Crippen molar-refractivity contribution >= 4 is 5.91 Å². The second-order valence-corrected chi connectivity index (χ2v) is 5.61. The number of rotatable bonds is 7. The van der Waals surface area contributed by atoms with E-state index in [4.69, 9.17) is 14.2 Å². The third-order valence-corrected chi connectivity index (χ3v) is 4.09. The number of methoxy groups -OCH3 is 2. The van der Waals surface area contributed by atoms with Crippen LogP contribution in [0.25, 0.3) is 0 Å². The third-order valence-electron chi connectivity index (χ3n) is 4.09. The Labute approximate surface area is 132 Å². The summed E-state index contributed by atoms with van der Waals surface area (Å²) >= 11 is 0. The van der Waals surface area contributed by atoms with Crippen LogP contribution in [0.15, 0.2) is 18.2 Å². The van der Waals surface area contributed by atoms with E-state index in [0.717, 1.165) is 36.1 Å². The van der Waals surface area contributed by atoms with Crippen molar-refractivity contribution < 1.29 is 19.0 Å². The molecule has 1 amide bonds. The molecule has 2 rings (SSSR count). The zero-order valence-corrected chi connectivity index (χ0v) is 13.6. The summed E-state index contributed by atoms with van der Waals surface area (Å²) in [6, 6.07) is 5.97. The van der Waals surface area contributed by atoms with Gasteiger partial charge in [-0.05, 0) is 37.0 Å². The molecule has 1 fully saturated rings. The molecule has 5 nitrogen and oxygen atoms in total. The molecule has 1 aliphatic rings. The lowest BCUT2D eigenvalue weighted by atomic mass is 10.0. The second kappa shape index (κ2) is 8.27. The fraction of sp³-hybridized carbons (Fsp3) is 0.588. The van der Waals surface area contributed by atoms with Gasteiger partial charge in [-0.1, -0.05) is 12.1 Å². The van der Waals surface area contributed by atoms with Crippen molar-refractivity contribution in [3.63, 3.8) is 0 Å². The molecule has 5 heteroatoms. The van der Waals surface area contributed by atoms with Gasteiger partial charge in [-0.25, -0.2) is 0 Å². The number of benzene rings is 1. The summed E-state index contributed by atoms with van der Waals surface area (Å²) in [6.45, 7) is 3.98. The maximum Gasteiger partial charge on any atom is 0.254 e. The number of carbonyl (C=O) groups excluding carboxylic acids is 1. The van der Waals surface area contributed by atoms with E-state index in [9.17, 15) is 4.79 Å². The highest BCUT2D eigenvalue weighted by atomic mass is 16.7. The van der Waals surface area contributed by atoms with Crippen molar-refractivity contribution in [2.75, 3.05) is 34.2 Å². The maximum absolute atomic E-state index is 12.9. The van der Waals surface area contributed by atoms with Crippen LogP contribution in [0.3, 0.4) is 0 Å². The van der Waals surface area contributed by atoms with Gasteiger partial charge < -0.3 is 19.1 Å². The maximum atomic E-state index is 12.9. The van der Waals surface area contributed by atoms with E-state index >= 15 is 0 Å². The number of nitrogens with zero attached hydrogens (tertiary/aromatic N) is 1. The fourth-order valence-electron chi connectivity index (χ4n) is 2.94. The molecule has 122 valence electrons. The largest absolute Gasteiger partial charge is 0.383 e. The van der Waals surface area contributed by atoms with Gasteiger partial charge in [-0.15, -0.1) is 0 Å². The smallest absolute Gasteiger partial charge is 0.254 e. The van der Waals surface area contributed by atoms with Crippen LogP contribution in [0.1, 0.15) is 34.3 Å². The number of likely N-dealkylation sites (tertiary alicyclic amines) is 1. The van der Waals surface area contributed by atoms with Gasteiger partial charge in [0, 0.05) is 26.3 Å². The van der Waals surface area contributed by atoms with Gasteiger partial charge in [-0.2, -0.15) is 0 Å². The van der Waals surface area contributed by atoms with Crippen LogP contribution in [-0.4, -0.2) is 51.0 Å². The Morgan fingerprint density at radius 3 is 2.86 bits per heavy atom. The number of ether oxygens (including phenoxy) is 3. The summed E-state index contributed by atoms with van der Waals surface area (Å²) < 4.78 is 15.6. The van der Waals surface area contributed by atoms with E-state index < -0.39 is 0 Å². The number of amides is 1. The molecule has 0 radical (unpaired) electrons. The minimum Gasteiger partial charge on any atom is -0.383 e. The molecule has 1 aliphatic heterocycles. The average molecular weight is 307 g/mol. The SMILES string of the molecule is COCOCc1c(C)cccc1C(=O)N1CCC[C@H]1COC. The topological polar surface area (TPSA) is 48.0 Å². The van der Waals surface area contributed by atoms with Gasteiger partial charge >= 0.3 is 0 Å². The van der Waals surface area contributed by atoms with Crippen LogP contribution in [0, 0.1) is 6.92 Å². The zero-order valence-electron chi connectivity index (χ0n) is 13.6. The molecule has 0 saturated carbocycles. The average Bonchev–Trinajstić information content (AvgIpc) is 2.97. The van der Waals surface area contributed by atoms with E-state index in [2.05, 4.69) is 0 Å². The van der Waals surface area contributed by atoms with Crippen LogP contribution >= 0.6 is 0 Å². The highest BCUT2D eigenvalue weighted by molar-refractivity contribution is 5.96. The molecule has 0 bridgehead atoms. The zero-order chi connectivity index (χ0) is 15.9. The first-order valence-corrected chi connectivity index (χ1v) is 7.64. The normalized spacial score (nSPS) is 18.0. The summed E-state index contributed by atoms with van der Waals surface area (Å²) in [5.74, 6) is 0.0688. The molecule has 0 N–H and O–H groups in total. The molecule has 0 spiro atoms. The van der Waals surface area contributed by atoms with Gasteiger partial charge in [-0.3, -0.25) is 4.79 Å².